The second-order valence-electron chi connectivity index (χ2n) is 3.67. The molecule has 0 aromatic carbocycles. The predicted octanol–water partition coefficient (Wildman–Crippen LogP) is 0.435. The van der Waals surface area contributed by atoms with E-state index in [4.69, 9.17) is 0 Å². The minimum absolute atomic E-state index is 0.0166. The maximum absolute atomic E-state index is 12.1. The topological polar surface area (TPSA) is 67.3 Å². The van der Waals surface area contributed by atoms with Gasteiger partial charge < -0.3 is 0 Å². The molecule has 0 atom stereocenters. The Kier molecular flexibility index (Phi) is 3.02. The molecule has 6 heteroatoms. The number of sulfonamides is 1. The van der Waals surface area contributed by atoms with Crippen LogP contribution in [0.2, 0.25) is 0 Å². The van der Waals surface area contributed by atoms with Gasteiger partial charge in [0.25, 0.3) is 0 Å². The number of hydrogen-bond donors (Lipinski definition) is 0. The first-order valence-electron chi connectivity index (χ1n) is 5.02. The van der Waals surface area contributed by atoms with Crippen molar-refractivity contribution in [3.05, 3.63) is 24.5 Å². The van der Waals surface area contributed by atoms with Crippen LogP contribution in [0.1, 0.15) is 12.8 Å². The Morgan fingerprint density at radius 2 is 2.19 bits per heavy atom. The van der Waals surface area contributed by atoms with Gasteiger partial charge in [0.05, 0.1) is 6.54 Å². The number of Topliss-reactive ketones (excluding diaryl/α,β-unsaturated/α-hetero) is 1. The van der Waals surface area contributed by atoms with Crippen molar-refractivity contribution >= 4 is 15.8 Å². The van der Waals surface area contributed by atoms with Crippen molar-refractivity contribution in [3.63, 3.8) is 0 Å². The molecule has 1 aromatic heterocycles. The normalized spacial score (nSPS) is 18.6. The molecule has 5 nitrogen and oxygen atoms in total. The van der Waals surface area contributed by atoms with E-state index in [1.807, 2.05) is 0 Å². The van der Waals surface area contributed by atoms with Gasteiger partial charge >= 0.3 is 0 Å². The molecule has 1 saturated heterocycles. The monoisotopic (exact) mass is 240 g/mol. The number of nitrogens with zero attached hydrogens (tertiary/aromatic N) is 2. The molecular formula is C10H12N2O3S. The molecule has 1 aliphatic rings. The van der Waals surface area contributed by atoms with Gasteiger partial charge in [0.1, 0.15) is 10.7 Å². The molecule has 2 rings (SSSR count). The Labute approximate surface area is 94.2 Å². The van der Waals surface area contributed by atoms with Crippen molar-refractivity contribution in [2.45, 2.75) is 17.7 Å². The van der Waals surface area contributed by atoms with Gasteiger partial charge in [0.2, 0.25) is 10.0 Å². The Bertz CT molecular complexity index is 484. The zero-order valence-corrected chi connectivity index (χ0v) is 9.48. The van der Waals surface area contributed by atoms with Crippen molar-refractivity contribution in [1.82, 2.24) is 9.29 Å². The summed E-state index contributed by atoms with van der Waals surface area (Å²) in [4.78, 5) is 15.1. The van der Waals surface area contributed by atoms with E-state index < -0.39 is 10.0 Å². The van der Waals surface area contributed by atoms with Crippen LogP contribution in [0.15, 0.2) is 29.4 Å². The Morgan fingerprint density at radius 1 is 1.38 bits per heavy atom. The van der Waals surface area contributed by atoms with Crippen LogP contribution in [0.25, 0.3) is 0 Å². The van der Waals surface area contributed by atoms with E-state index >= 15 is 0 Å². The van der Waals surface area contributed by atoms with Crippen LogP contribution >= 0.6 is 0 Å². The van der Waals surface area contributed by atoms with Gasteiger partial charge in [-0.15, -0.1) is 0 Å². The maximum atomic E-state index is 12.1. The average Bonchev–Trinajstić information content (AvgIpc) is 2.30. The number of aromatic nitrogens is 1. The molecule has 0 aliphatic carbocycles. The largest absolute Gasteiger partial charge is 0.298 e. The summed E-state index contributed by atoms with van der Waals surface area (Å²) in [7, 11) is -3.54. The minimum Gasteiger partial charge on any atom is -0.298 e. The molecule has 0 bridgehead atoms. The van der Waals surface area contributed by atoms with E-state index in [-0.39, 0.29) is 17.2 Å². The van der Waals surface area contributed by atoms with Crippen molar-refractivity contribution in [2.24, 2.45) is 0 Å². The van der Waals surface area contributed by atoms with Crippen LogP contribution in [0.5, 0.6) is 0 Å². The summed E-state index contributed by atoms with van der Waals surface area (Å²) < 4.78 is 25.4. The van der Waals surface area contributed by atoms with E-state index in [2.05, 4.69) is 4.98 Å². The SMILES string of the molecule is O=C1CCCN(S(=O)(=O)c2cccnc2)C1. The summed E-state index contributed by atoms with van der Waals surface area (Å²) in [6.45, 7) is 0.389. The van der Waals surface area contributed by atoms with Gasteiger partial charge in [-0.1, -0.05) is 0 Å². The second-order valence-corrected chi connectivity index (χ2v) is 5.61. The summed E-state index contributed by atoms with van der Waals surface area (Å²) in [6.07, 6.45) is 3.88. The molecule has 0 spiro atoms. The van der Waals surface area contributed by atoms with E-state index in [0.29, 0.717) is 19.4 Å². The molecular weight excluding hydrogens is 228 g/mol. The highest BCUT2D eigenvalue weighted by Crippen LogP contribution is 2.17. The van der Waals surface area contributed by atoms with Gasteiger partial charge in [-0.3, -0.25) is 9.78 Å². The highest BCUT2D eigenvalue weighted by atomic mass is 32.2. The van der Waals surface area contributed by atoms with Crippen LogP contribution in [0, 0.1) is 0 Å². The van der Waals surface area contributed by atoms with Crippen molar-refractivity contribution in [1.29, 1.82) is 0 Å². The summed E-state index contributed by atoms with van der Waals surface area (Å²) >= 11 is 0. The fourth-order valence-electron chi connectivity index (χ4n) is 1.66. The smallest absolute Gasteiger partial charge is 0.245 e. The lowest BCUT2D eigenvalue weighted by Crippen LogP contribution is -2.40. The fraction of sp³-hybridized carbons (Fsp3) is 0.400. The number of ketones is 1. The highest BCUT2D eigenvalue weighted by molar-refractivity contribution is 7.89. The second kappa shape index (κ2) is 4.31. The molecule has 0 saturated carbocycles. The molecule has 16 heavy (non-hydrogen) atoms. The molecule has 1 aromatic rings. The van der Waals surface area contributed by atoms with Crippen LogP contribution in [0.3, 0.4) is 0 Å². The first-order chi connectivity index (χ1) is 7.60. The lowest BCUT2D eigenvalue weighted by atomic mass is 10.1. The highest BCUT2D eigenvalue weighted by Gasteiger charge is 2.29. The van der Waals surface area contributed by atoms with E-state index in [9.17, 15) is 13.2 Å². The molecule has 0 unspecified atom stereocenters. The first kappa shape index (κ1) is 11.2. The number of hydrogen-bond acceptors (Lipinski definition) is 4. The molecule has 1 aliphatic heterocycles. The van der Waals surface area contributed by atoms with E-state index in [0.717, 1.165) is 0 Å². The summed E-state index contributed by atoms with van der Waals surface area (Å²) in [5.41, 5.74) is 0. The standard InChI is InChI=1S/C10H12N2O3S/c13-9-3-2-6-12(8-9)16(14,15)10-4-1-5-11-7-10/h1,4-5,7H,2-3,6,8H2. The fourth-order valence-corrected chi connectivity index (χ4v) is 3.09. The Morgan fingerprint density at radius 3 is 2.81 bits per heavy atom. The molecule has 0 amide bonds. The summed E-state index contributed by atoms with van der Waals surface area (Å²) in [6, 6.07) is 3.06. The third-order valence-electron chi connectivity index (χ3n) is 2.49. The third-order valence-corrected chi connectivity index (χ3v) is 4.32. The van der Waals surface area contributed by atoms with Crippen molar-refractivity contribution in [2.75, 3.05) is 13.1 Å². The van der Waals surface area contributed by atoms with Gasteiger partial charge in [0, 0.05) is 25.4 Å². The predicted molar refractivity (Wildman–Crippen MR) is 57.2 cm³/mol. The zero-order chi connectivity index (χ0) is 11.6. The van der Waals surface area contributed by atoms with E-state index in [1.54, 1.807) is 6.07 Å². The van der Waals surface area contributed by atoms with Crippen molar-refractivity contribution in [3.8, 4) is 0 Å². The number of pyridine rings is 1. The van der Waals surface area contributed by atoms with E-state index in [1.165, 1.54) is 22.8 Å². The average molecular weight is 240 g/mol. The maximum Gasteiger partial charge on any atom is 0.245 e. The number of carbonyl (C=O) groups is 1. The number of rotatable bonds is 2. The molecule has 0 N–H and O–H groups in total. The van der Waals surface area contributed by atoms with Gasteiger partial charge in [-0.05, 0) is 18.6 Å². The van der Waals surface area contributed by atoms with Gasteiger partial charge in [-0.2, -0.15) is 4.31 Å². The van der Waals surface area contributed by atoms with Crippen LogP contribution in [0.4, 0.5) is 0 Å². The molecule has 1 fully saturated rings. The Hall–Kier alpha value is -1.27. The first-order valence-corrected chi connectivity index (χ1v) is 6.46. The third kappa shape index (κ3) is 2.12. The lowest BCUT2D eigenvalue weighted by molar-refractivity contribution is -0.120. The number of carbonyl (C=O) groups excluding carboxylic acids is 1. The zero-order valence-electron chi connectivity index (χ0n) is 8.67. The molecule has 2 heterocycles. The summed E-state index contributed by atoms with van der Waals surface area (Å²) in [5.74, 6) is -0.0290. The van der Waals surface area contributed by atoms with Crippen LogP contribution < -0.4 is 0 Å². The number of piperidine rings is 1. The minimum atomic E-state index is -3.54. The Balaban J connectivity index is 2.29. The molecule has 0 radical (unpaired) electrons. The van der Waals surface area contributed by atoms with Gasteiger partial charge in [-0.25, -0.2) is 8.42 Å². The summed E-state index contributed by atoms with van der Waals surface area (Å²) in [5, 5.41) is 0. The van der Waals surface area contributed by atoms with Crippen molar-refractivity contribution < 1.29 is 13.2 Å². The molecule has 86 valence electrons. The van der Waals surface area contributed by atoms with Crippen LogP contribution in [-0.2, 0) is 14.8 Å². The lowest BCUT2D eigenvalue weighted by Gasteiger charge is -2.24. The van der Waals surface area contributed by atoms with Crippen LogP contribution in [-0.4, -0.2) is 36.6 Å². The van der Waals surface area contributed by atoms with Gasteiger partial charge in [0.15, 0.2) is 0 Å². The quantitative estimate of drug-likeness (QED) is 0.752.